The van der Waals surface area contributed by atoms with Crippen molar-refractivity contribution in [3.8, 4) is 5.75 Å². The Morgan fingerprint density at radius 3 is 2.61 bits per heavy atom. The predicted molar refractivity (Wildman–Crippen MR) is 108 cm³/mol. The molecule has 0 spiro atoms. The van der Waals surface area contributed by atoms with Gasteiger partial charge in [0.15, 0.2) is 0 Å². The van der Waals surface area contributed by atoms with Gasteiger partial charge in [-0.1, -0.05) is 12.1 Å². The first-order chi connectivity index (χ1) is 13.7. The first-order valence-electron chi connectivity index (χ1n) is 8.61. The third-order valence-electron chi connectivity index (χ3n) is 4.36. The Labute approximate surface area is 166 Å². The van der Waals surface area contributed by atoms with Crippen LogP contribution in [0, 0.1) is 0 Å². The van der Waals surface area contributed by atoms with Gasteiger partial charge in [0, 0.05) is 29.0 Å². The first kappa shape index (κ1) is 17.9. The summed E-state index contributed by atoms with van der Waals surface area (Å²) in [4.78, 5) is 32.2. The fourth-order valence-electron chi connectivity index (χ4n) is 3.00. The summed E-state index contributed by atoms with van der Waals surface area (Å²) in [5.41, 5.74) is 2.17. The van der Waals surface area contributed by atoms with E-state index in [9.17, 15) is 9.59 Å². The van der Waals surface area contributed by atoms with E-state index in [-0.39, 0.29) is 24.1 Å². The lowest BCUT2D eigenvalue weighted by Gasteiger charge is -2.15. The van der Waals surface area contributed by atoms with E-state index in [0.717, 1.165) is 10.4 Å². The molecule has 1 aliphatic heterocycles. The number of hydrogen-bond acceptors (Lipinski definition) is 6. The first-order valence-corrected chi connectivity index (χ1v) is 9.49. The van der Waals surface area contributed by atoms with Crippen LogP contribution >= 0.6 is 11.3 Å². The summed E-state index contributed by atoms with van der Waals surface area (Å²) in [6, 6.07) is 14.5. The van der Waals surface area contributed by atoms with Crippen molar-refractivity contribution >= 4 is 34.4 Å². The molecule has 1 aromatic carbocycles. The molecule has 0 saturated carbocycles. The van der Waals surface area contributed by atoms with Crippen molar-refractivity contribution in [2.24, 2.45) is 0 Å². The zero-order valence-electron chi connectivity index (χ0n) is 15.1. The molecule has 1 aliphatic rings. The van der Waals surface area contributed by atoms with Crippen molar-refractivity contribution in [3.05, 3.63) is 82.4 Å². The number of hydrogen-bond donors (Lipinski definition) is 1. The SMILES string of the molecule is COc1cccc(NC2=C(c3cccs3)C(=O)N(Cc3ccncc3)C2=O)c1. The number of carbonyl (C=O) groups is 2. The third kappa shape index (κ3) is 3.39. The van der Waals surface area contributed by atoms with Crippen molar-refractivity contribution in [2.75, 3.05) is 12.4 Å². The van der Waals surface area contributed by atoms with Gasteiger partial charge in [0.1, 0.15) is 11.4 Å². The number of imide groups is 1. The molecule has 0 radical (unpaired) electrons. The van der Waals surface area contributed by atoms with E-state index >= 15 is 0 Å². The van der Waals surface area contributed by atoms with Crippen LogP contribution in [0.3, 0.4) is 0 Å². The number of aromatic nitrogens is 1. The molecule has 4 rings (SSSR count). The number of thiophene rings is 1. The lowest BCUT2D eigenvalue weighted by atomic mass is 10.2. The number of anilines is 1. The highest BCUT2D eigenvalue weighted by atomic mass is 32.1. The minimum absolute atomic E-state index is 0.193. The number of nitrogens with one attached hydrogen (secondary N) is 1. The van der Waals surface area contributed by atoms with Crippen molar-refractivity contribution in [1.82, 2.24) is 9.88 Å². The quantitative estimate of drug-likeness (QED) is 0.651. The summed E-state index contributed by atoms with van der Waals surface area (Å²) in [7, 11) is 1.58. The number of amides is 2. The summed E-state index contributed by atoms with van der Waals surface area (Å²) >= 11 is 1.42. The average Bonchev–Trinajstić information content (AvgIpc) is 3.32. The number of pyridine rings is 1. The fraction of sp³-hybridized carbons (Fsp3) is 0.0952. The molecule has 7 heteroatoms. The van der Waals surface area contributed by atoms with Crippen LogP contribution in [0.1, 0.15) is 10.4 Å². The summed E-state index contributed by atoms with van der Waals surface area (Å²) in [5.74, 6) is -0.00335. The Balaban J connectivity index is 1.71. The minimum atomic E-state index is -0.354. The number of rotatable bonds is 6. The van der Waals surface area contributed by atoms with Crippen LogP contribution in [0.2, 0.25) is 0 Å². The molecule has 3 heterocycles. The summed E-state index contributed by atoms with van der Waals surface area (Å²) in [6.07, 6.45) is 3.28. The molecule has 2 amide bonds. The Morgan fingerprint density at radius 2 is 1.89 bits per heavy atom. The van der Waals surface area contributed by atoms with Crippen LogP contribution in [0.4, 0.5) is 5.69 Å². The molecule has 0 fully saturated rings. The van der Waals surface area contributed by atoms with Gasteiger partial charge in [0.05, 0.1) is 19.2 Å². The molecular formula is C21H17N3O3S. The van der Waals surface area contributed by atoms with E-state index in [1.807, 2.05) is 35.7 Å². The van der Waals surface area contributed by atoms with E-state index in [1.165, 1.54) is 16.2 Å². The van der Waals surface area contributed by atoms with Crippen LogP contribution < -0.4 is 10.1 Å². The summed E-state index contributed by atoms with van der Waals surface area (Å²) in [5, 5.41) is 5.02. The molecule has 1 N–H and O–H groups in total. The van der Waals surface area contributed by atoms with Gasteiger partial charge in [-0.3, -0.25) is 19.5 Å². The van der Waals surface area contributed by atoms with Crippen molar-refractivity contribution in [1.29, 1.82) is 0 Å². The number of benzene rings is 1. The van der Waals surface area contributed by atoms with Gasteiger partial charge in [-0.2, -0.15) is 0 Å². The molecule has 140 valence electrons. The zero-order valence-corrected chi connectivity index (χ0v) is 15.9. The summed E-state index contributed by atoms with van der Waals surface area (Å²) < 4.78 is 5.24. The predicted octanol–water partition coefficient (Wildman–Crippen LogP) is 3.54. The second-order valence-corrected chi connectivity index (χ2v) is 7.08. The van der Waals surface area contributed by atoms with Gasteiger partial charge in [-0.15, -0.1) is 11.3 Å². The van der Waals surface area contributed by atoms with Gasteiger partial charge < -0.3 is 10.1 Å². The Bertz CT molecular complexity index is 1050. The molecule has 3 aromatic rings. The normalized spacial score (nSPS) is 14.0. The van der Waals surface area contributed by atoms with E-state index in [0.29, 0.717) is 17.0 Å². The molecule has 0 aliphatic carbocycles. The van der Waals surface area contributed by atoms with Crippen LogP contribution in [0.15, 0.2) is 72.0 Å². The van der Waals surface area contributed by atoms with Crippen molar-refractivity contribution in [3.63, 3.8) is 0 Å². The molecule has 0 atom stereocenters. The minimum Gasteiger partial charge on any atom is -0.497 e. The molecule has 28 heavy (non-hydrogen) atoms. The molecule has 6 nitrogen and oxygen atoms in total. The smallest absolute Gasteiger partial charge is 0.278 e. The van der Waals surface area contributed by atoms with E-state index in [1.54, 1.807) is 37.7 Å². The molecular weight excluding hydrogens is 374 g/mol. The molecule has 0 saturated heterocycles. The number of carbonyl (C=O) groups excluding carboxylic acids is 2. The maximum absolute atomic E-state index is 13.1. The van der Waals surface area contributed by atoms with Crippen LogP contribution in [-0.4, -0.2) is 28.8 Å². The van der Waals surface area contributed by atoms with E-state index < -0.39 is 0 Å². The van der Waals surface area contributed by atoms with E-state index in [4.69, 9.17) is 4.74 Å². The lowest BCUT2D eigenvalue weighted by Crippen LogP contribution is -2.31. The van der Waals surface area contributed by atoms with E-state index in [2.05, 4.69) is 10.3 Å². The topological polar surface area (TPSA) is 71.5 Å². The Morgan fingerprint density at radius 1 is 1.07 bits per heavy atom. The molecule has 0 bridgehead atoms. The maximum Gasteiger partial charge on any atom is 0.278 e. The van der Waals surface area contributed by atoms with Gasteiger partial charge in [0.2, 0.25) is 0 Å². The third-order valence-corrected chi connectivity index (χ3v) is 5.25. The number of ether oxygens (including phenoxy) is 1. The molecule has 0 unspecified atom stereocenters. The number of nitrogens with zero attached hydrogens (tertiary/aromatic N) is 2. The van der Waals surface area contributed by atoms with Crippen LogP contribution in [0.5, 0.6) is 5.75 Å². The Kier molecular flexibility index (Phi) is 4.90. The van der Waals surface area contributed by atoms with Crippen molar-refractivity contribution < 1.29 is 14.3 Å². The second kappa shape index (κ2) is 7.66. The fourth-order valence-corrected chi connectivity index (χ4v) is 3.77. The van der Waals surface area contributed by atoms with Gasteiger partial charge in [-0.25, -0.2) is 0 Å². The van der Waals surface area contributed by atoms with Gasteiger partial charge in [-0.05, 0) is 41.3 Å². The van der Waals surface area contributed by atoms with Crippen molar-refractivity contribution in [2.45, 2.75) is 6.54 Å². The maximum atomic E-state index is 13.1. The van der Waals surface area contributed by atoms with Crippen LogP contribution in [0.25, 0.3) is 5.57 Å². The summed E-state index contributed by atoms with van der Waals surface area (Å²) in [6.45, 7) is 0.193. The molecule has 2 aromatic heterocycles. The Hall–Kier alpha value is -3.45. The zero-order chi connectivity index (χ0) is 19.5. The van der Waals surface area contributed by atoms with Gasteiger partial charge >= 0.3 is 0 Å². The standard InChI is InChI=1S/C21H17N3O3S/c1-27-16-5-2-4-15(12-16)23-19-18(17-6-3-11-28-17)20(25)24(21(19)26)13-14-7-9-22-10-8-14/h2-12,23H,13H2,1H3. The number of methoxy groups -OCH3 is 1. The second-order valence-electron chi connectivity index (χ2n) is 6.14. The monoisotopic (exact) mass is 391 g/mol. The highest BCUT2D eigenvalue weighted by Crippen LogP contribution is 2.34. The highest BCUT2D eigenvalue weighted by Gasteiger charge is 2.39. The average molecular weight is 391 g/mol. The van der Waals surface area contributed by atoms with Crippen LogP contribution in [-0.2, 0) is 16.1 Å². The van der Waals surface area contributed by atoms with Gasteiger partial charge in [0.25, 0.3) is 11.8 Å². The largest absolute Gasteiger partial charge is 0.497 e. The lowest BCUT2D eigenvalue weighted by molar-refractivity contribution is -0.137. The highest BCUT2D eigenvalue weighted by molar-refractivity contribution is 7.11.